The van der Waals surface area contributed by atoms with Crippen LogP contribution in [0.4, 0.5) is 0 Å². The Bertz CT molecular complexity index is 692. The molecule has 0 aromatic heterocycles. The highest BCUT2D eigenvalue weighted by atomic mass is 32.2. The van der Waals surface area contributed by atoms with Crippen LogP contribution in [0.1, 0.15) is 53.4 Å². The molecule has 11 nitrogen and oxygen atoms in total. The molecule has 0 aromatic carbocycles. The van der Waals surface area contributed by atoms with E-state index in [1.165, 1.54) is 11.8 Å². The summed E-state index contributed by atoms with van der Waals surface area (Å²) in [6.07, 6.45) is 2.44. The molecule has 6 unspecified atom stereocenters. The summed E-state index contributed by atoms with van der Waals surface area (Å²) in [6.45, 7) is 7.09. The van der Waals surface area contributed by atoms with E-state index in [1.807, 2.05) is 20.1 Å². The van der Waals surface area contributed by atoms with Gasteiger partial charge in [0.15, 0.2) is 0 Å². The van der Waals surface area contributed by atoms with Gasteiger partial charge in [0.2, 0.25) is 17.7 Å². The summed E-state index contributed by atoms with van der Waals surface area (Å²) in [4.78, 5) is 60.9. The zero-order valence-corrected chi connectivity index (χ0v) is 20.7. The Hall–Kier alpha value is -2.34. The molecule has 190 valence electrons. The molecule has 0 saturated heterocycles. The molecule has 0 rings (SSSR count). The summed E-state index contributed by atoms with van der Waals surface area (Å²) in [5.74, 6) is -4.82. The first kappa shape index (κ1) is 30.7. The second kappa shape index (κ2) is 15.5. The highest BCUT2D eigenvalue weighted by Crippen LogP contribution is 2.10. The number of carboxylic acid groups (broad SMARTS) is 2. The number of nitrogens with one attached hydrogen (secondary N) is 3. The molecule has 0 spiro atoms. The maximum absolute atomic E-state index is 12.9. The smallest absolute Gasteiger partial charge is 0.326 e. The van der Waals surface area contributed by atoms with Gasteiger partial charge in [0.1, 0.15) is 18.1 Å². The van der Waals surface area contributed by atoms with Gasteiger partial charge in [0.25, 0.3) is 0 Å². The molecule has 0 aliphatic carbocycles. The van der Waals surface area contributed by atoms with Gasteiger partial charge in [0.05, 0.1) is 12.5 Å². The molecule has 0 saturated carbocycles. The lowest BCUT2D eigenvalue weighted by Crippen LogP contribution is -2.58. The lowest BCUT2D eigenvalue weighted by atomic mass is 9.98. The number of carbonyl (C=O) groups excluding carboxylic acids is 3. The summed E-state index contributed by atoms with van der Waals surface area (Å²) >= 11 is 1.45. The van der Waals surface area contributed by atoms with Crippen molar-refractivity contribution in [3.8, 4) is 0 Å². The third kappa shape index (κ3) is 10.9. The lowest BCUT2D eigenvalue weighted by molar-refractivity contribution is -0.144. The van der Waals surface area contributed by atoms with E-state index in [0.717, 1.165) is 0 Å². The van der Waals surface area contributed by atoms with Gasteiger partial charge in [0, 0.05) is 0 Å². The second-order valence-electron chi connectivity index (χ2n) is 8.12. The van der Waals surface area contributed by atoms with E-state index < -0.39 is 66.2 Å². The van der Waals surface area contributed by atoms with Crippen LogP contribution in [0.15, 0.2) is 0 Å². The predicted molar refractivity (Wildman–Crippen MR) is 126 cm³/mol. The van der Waals surface area contributed by atoms with Crippen LogP contribution in [0.25, 0.3) is 0 Å². The molecule has 0 radical (unpaired) electrons. The molecular weight excluding hydrogens is 452 g/mol. The monoisotopic (exact) mass is 490 g/mol. The molecule has 6 atom stereocenters. The molecular formula is C21H38N4O7S. The number of hydrogen-bond donors (Lipinski definition) is 6. The standard InChI is InChI=1S/C21H38N4O7S/c1-6-11(3)16(22)20(30)23-13(8-9-33-5)18(28)24-14(10-15(26)27)19(29)25-17(21(31)32)12(4)7-2/h11-14,16-17H,6-10,22H2,1-5H3,(H,23,30)(H,24,28)(H,25,29)(H,26,27)(H,31,32). The van der Waals surface area contributed by atoms with Crippen LogP contribution < -0.4 is 21.7 Å². The van der Waals surface area contributed by atoms with Gasteiger partial charge in [-0.25, -0.2) is 4.79 Å². The minimum absolute atomic E-state index is 0.117. The minimum atomic E-state index is -1.52. The number of aliphatic carboxylic acids is 2. The molecule has 0 aliphatic rings. The first-order valence-electron chi connectivity index (χ1n) is 11.0. The third-order valence-corrected chi connectivity index (χ3v) is 6.24. The van der Waals surface area contributed by atoms with Crippen molar-refractivity contribution in [1.29, 1.82) is 0 Å². The van der Waals surface area contributed by atoms with E-state index in [-0.39, 0.29) is 12.3 Å². The number of hydrogen-bond acceptors (Lipinski definition) is 7. The third-order valence-electron chi connectivity index (χ3n) is 5.59. The zero-order valence-electron chi connectivity index (χ0n) is 19.9. The molecule has 0 heterocycles. The normalized spacial score (nSPS) is 16.4. The molecule has 0 aliphatic heterocycles. The van der Waals surface area contributed by atoms with E-state index in [0.29, 0.717) is 18.6 Å². The van der Waals surface area contributed by atoms with Gasteiger partial charge < -0.3 is 31.9 Å². The maximum atomic E-state index is 12.9. The van der Waals surface area contributed by atoms with Crippen LogP contribution in [0, 0.1) is 11.8 Å². The molecule has 0 fully saturated rings. The molecule has 3 amide bonds. The second-order valence-corrected chi connectivity index (χ2v) is 9.11. The Morgan fingerprint density at radius 2 is 1.36 bits per heavy atom. The fraction of sp³-hybridized carbons (Fsp3) is 0.762. The largest absolute Gasteiger partial charge is 0.481 e. The maximum Gasteiger partial charge on any atom is 0.326 e. The van der Waals surface area contributed by atoms with Gasteiger partial charge in [-0.1, -0.05) is 40.5 Å². The highest BCUT2D eigenvalue weighted by molar-refractivity contribution is 7.98. The van der Waals surface area contributed by atoms with Gasteiger partial charge in [-0.3, -0.25) is 19.2 Å². The van der Waals surface area contributed by atoms with Gasteiger partial charge >= 0.3 is 11.9 Å². The zero-order chi connectivity index (χ0) is 25.7. The Kier molecular flexibility index (Phi) is 14.4. The van der Waals surface area contributed by atoms with Crippen molar-refractivity contribution < 1.29 is 34.2 Å². The number of nitrogens with two attached hydrogens (primary N) is 1. The van der Waals surface area contributed by atoms with E-state index in [2.05, 4.69) is 16.0 Å². The summed E-state index contributed by atoms with van der Waals surface area (Å²) in [6, 6.07) is -4.62. The number of carboxylic acids is 2. The van der Waals surface area contributed by atoms with Crippen molar-refractivity contribution >= 4 is 41.4 Å². The van der Waals surface area contributed by atoms with Crippen LogP contribution in [-0.4, -0.2) is 76.0 Å². The lowest BCUT2D eigenvalue weighted by Gasteiger charge is -2.26. The number of thioether (sulfide) groups is 1. The van der Waals surface area contributed by atoms with E-state index in [4.69, 9.17) is 5.73 Å². The van der Waals surface area contributed by atoms with Crippen molar-refractivity contribution in [3.63, 3.8) is 0 Å². The van der Waals surface area contributed by atoms with Crippen molar-refractivity contribution in [2.24, 2.45) is 17.6 Å². The van der Waals surface area contributed by atoms with Crippen LogP contribution in [0.5, 0.6) is 0 Å². The molecule has 12 heteroatoms. The van der Waals surface area contributed by atoms with E-state index in [1.54, 1.807) is 13.8 Å². The SMILES string of the molecule is CCC(C)C(N)C(=O)NC(CCSC)C(=O)NC(CC(=O)O)C(=O)NC(C(=O)O)C(C)CC. The molecule has 7 N–H and O–H groups in total. The minimum Gasteiger partial charge on any atom is -0.481 e. The van der Waals surface area contributed by atoms with Crippen molar-refractivity contribution in [1.82, 2.24) is 16.0 Å². The van der Waals surface area contributed by atoms with Crippen LogP contribution in [0.3, 0.4) is 0 Å². The van der Waals surface area contributed by atoms with Gasteiger partial charge in [-0.15, -0.1) is 0 Å². The summed E-state index contributed by atoms with van der Waals surface area (Å²) < 4.78 is 0. The van der Waals surface area contributed by atoms with Crippen molar-refractivity contribution in [2.75, 3.05) is 12.0 Å². The first-order valence-corrected chi connectivity index (χ1v) is 12.4. The summed E-state index contributed by atoms with van der Waals surface area (Å²) in [7, 11) is 0. The predicted octanol–water partition coefficient (Wildman–Crippen LogP) is 0.173. The summed E-state index contributed by atoms with van der Waals surface area (Å²) in [5.41, 5.74) is 5.94. The average molecular weight is 491 g/mol. The van der Waals surface area contributed by atoms with Crippen molar-refractivity contribution in [3.05, 3.63) is 0 Å². The number of amides is 3. The Labute approximate surface area is 199 Å². The Balaban J connectivity index is 5.56. The summed E-state index contributed by atoms with van der Waals surface area (Å²) in [5, 5.41) is 25.8. The number of rotatable bonds is 16. The van der Waals surface area contributed by atoms with Gasteiger partial charge in [-0.2, -0.15) is 11.8 Å². The Morgan fingerprint density at radius 1 is 0.848 bits per heavy atom. The fourth-order valence-corrected chi connectivity index (χ4v) is 3.35. The quantitative estimate of drug-likeness (QED) is 0.175. The van der Waals surface area contributed by atoms with Gasteiger partial charge in [-0.05, 0) is 30.3 Å². The molecule has 0 aromatic rings. The highest BCUT2D eigenvalue weighted by Gasteiger charge is 2.33. The fourth-order valence-electron chi connectivity index (χ4n) is 2.88. The van der Waals surface area contributed by atoms with E-state index >= 15 is 0 Å². The Morgan fingerprint density at radius 3 is 1.82 bits per heavy atom. The van der Waals surface area contributed by atoms with Crippen LogP contribution in [-0.2, 0) is 24.0 Å². The average Bonchev–Trinajstić information content (AvgIpc) is 2.76. The first-order chi connectivity index (χ1) is 15.4. The van der Waals surface area contributed by atoms with Crippen molar-refractivity contribution in [2.45, 2.75) is 77.5 Å². The topological polar surface area (TPSA) is 188 Å². The molecule has 33 heavy (non-hydrogen) atoms. The van der Waals surface area contributed by atoms with Crippen LogP contribution >= 0.6 is 11.8 Å². The van der Waals surface area contributed by atoms with E-state index in [9.17, 15) is 34.2 Å². The van der Waals surface area contributed by atoms with Crippen LogP contribution in [0.2, 0.25) is 0 Å². The number of carbonyl (C=O) groups is 5. The molecule has 0 bridgehead atoms.